The summed E-state index contributed by atoms with van der Waals surface area (Å²) in [5.74, 6) is -5.22. The van der Waals surface area contributed by atoms with Crippen LogP contribution in [0.5, 0.6) is 0 Å². The van der Waals surface area contributed by atoms with E-state index in [1.54, 1.807) is 0 Å². The van der Waals surface area contributed by atoms with Gasteiger partial charge < -0.3 is 9.84 Å². The molecule has 0 unspecified atom stereocenters. The Balaban J connectivity index is 3.35. The van der Waals surface area contributed by atoms with Crippen LogP contribution < -0.4 is 0 Å². The van der Waals surface area contributed by atoms with Crippen molar-refractivity contribution in [3.8, 4) is 0 Å². The Morgan fingerprint density at radius 2 is 2.00 bits per heavy atom. The van der Waals surface area contributed by atoms with Crippen LogP contribution in [0, 0.1) is 11.6 Å². The number of aromatic carboxylic acids is 1. The molecule has 1 aromatic carbocycles. The first-order valence-corrected chi connectivity index (χ1v) is 6.39. The fourth-order valence-electron chi connectivity index (χ4n) is 1.22. The molecule has 0 aliphatic heterocycles. The summed E-state index contributed by atoms with van der Waals surface area (Å²) in [7, 11) is -2.88. The first-order chi connectivity index (χ1) is 8.29. The molecule has 0 fully saturated rings. The number of halogens is 2. The third-order valence-corrected chi connectivity index (χ3v) is 3.80. The molecule has 1 N–H and O–H groups in total. The number of ether oxygens (including phenoxy) is 1. The van der Waals surface area contributed by atoms with Crippen molar-refractivity contribution < 1.29 is 31.8 Å². The molecule has 5 nitrogen and oxygen atoms in total. The summed E-state index contributed by atoms with van der Waals surface area (Å²) in [6.07, 6.45) is 0. The number of carboxylic acid groups (broad SMARTS) is 1. The van der Waals surface area contributed by atoms with Crippen molar-refractivity contribution in [3.05, 3.63) is 29.3 Å². The third-order valence-electron chi connectivity index (χ3n) is 2.13. The topological polar surface area (TPSA) is 80.7 Å². The van der Waals surface area contributed by atoms with Crippen molar-refractivity contribution in [1.29, 1.82) is 0 Å². The highest BCUT2D eigenvalue weighted by molar-refractivity contribution is 7.91. The molecule has 1 aromatic rings. The van der Waals surface area contributed by atoms with Gasteiger partial charge >= 0.3 is 5.97 Å². The summed E-state index contributed by atoms with van der Waals surface area (Å²) in [6.45, 7) is -0.208. The Bertz CT molecular complexity index is 568. The summed E-state index contributed by atoms with van der Waals surface area (Å²) in [5.41, 5.74) is -0.634. The van der Waals surface area contributed by atoms with E-state index in [0.717, 1.165) is 0 Å². The molecule has 0 amide bonds. The summed E-state index contributed by atoms with van der Waals surface area (Å²) in [6, 6.07) is 1.01. The van der Waals surface area contributed by atoms with Crippen molar-refractivity contribution in [1.82, 2.24) is 0 Å². The van der Waals surface area contributed by atoms with Gasteiger partial charge in [0.1, 0.15) is 4.90 Å². The van der Waals surface area contributed by atoms with Crippen LogP contribution in [-0.2, 0) is 14.6 Å². The predicted octanol–water partition coefficient (Wildman–Crippen LogP) is 1.08. The van der Waals surface area contributed by atoms with E-state index >= 15 is 0 Å². The van der Waals surface area contributed by atoms with E-state index in [1.165, 1.54) is 7.11 Å². The van der Waals surface area contributed by atoms with Crippen LogP contribution >= 0.6 is 0 Å². The van der Waals surface area contributed by atoms with Gasteiger partial charge in [0.2, 0.25) is 0 Å². The molecule has 0 aromatic heterocycles. The summed E-state index contributed by atoms with van der Waals surface area (Å²) >= 11 is 0. The minimum absolute atomic E-state index is 0.208. The molecular formula is C10H10F2O5S. The van der Waals surface area contributed by atoms with Crippen LogP contribution in [0.1, 0.15) is 10.4 Å². The molecule has 0 spiro atoms. The molecule has 0 aliphatic carbocycles. The van der Waals surface area contributed by atoms with Crippen molar-refractivity contribution in [2.75, 3.05) is 19.5 Å². The second-order valence-electron chi connectivity index (χ2n) is 3.39. The van der Waals surface area contributed by atoms with E-state index in [-0.39, 0.29) is 6.61 Å². The lowest BCUT2D eigenvalue weighted by molar-refractivity contribution is 0.0696. The second kappa shape index (κ2) is 5.40. The zero-order valence-corrected chi connectivity index (χ0v) is 10.1. The lowest BCUT2D eigenvalue weighted by atomic mass is 10.2. The van der Waals surface area contributed by atoms with Crippen LogP contribution in [0.4, 0.5) is 8.78 Å². The van der Waals surface area contributed by atoms with Gasteiger partial charge in [-0.1, -0.05) is 0 Å². The molecule has 8 heteroatoms. The van der Waals surface area contributed by atoms with Gasteiger partial charge in [-0.25, -0.2) is 22.0 Å². The maximum absolute atomic E-state index is 13.4. The molecule has 0 atom stereocenters. The molecule has 18 heavy (non-hydrogen) atoms. The minimum Gasteiger partial charge on any atom is -0.478 e. The van der Waals surface area contributed by atoms with Gasteiger partial charge in [0.25, 0.3) is 0 Å². The number of hydrogen-bond acceptors (Lipinski definition) is 4. The van der Waals surface area contributed by atoms with Crippen LogP contribution in [0.3, 0.4) is 0 Å². The molecule has 1 rings (SSSR count). The first-order valence-electron chi connectivity index (χ1n) is 4.73. The zero-order chi connectivity index (χ0) is 13.9. The Labute approximate surface area is 102 Å². The van der Waals surface area contributed by atoms with E-state index in [9.17, 15) is 22.0 Å². The standard InChI is InChI=1S/C10H10F2O5S/c1-17-2-3-18(15,16)8-5-6(10(13)14)4-7(11)9(8)12/h4-5H,2-3H2,1H3,(H,13,14). The van der Waals surface area contributed by atoms with Gasteiger partial charge in [0, 0.05) is 7.11 Å². The quantitative estimate of drug-likeness (QED) is 0.873. The largest absolute Gasteiger partial charge is 0.478 e. The van der Waals surface area contributed by atoms with Crippen molar-refractivity contribution >= 4 is 15.8 Å². The zero-order valence-electron chi connectivity index (χ0n) is 9.31. The Hall–Kier alpha value is -1.54. The average molecular weight is 280 g/mol. The number of carboxylic acids is 1. The van der Waals surface area contributed by atoms with E-state index in [2.05, 4.69) is 4.74 Å². The predicted molar refractivity (Wildman–Crippen MR) is 57.2 cm³/mol. The molecule has 0 aliphatic rings. The van der Waals surface area contributed by atoms with Crippen molar-refractivity contribution in [2.45, 2.75) is 4.90 Å². The molecule has 0 saturated carbocycles. The van der Waals surface area contributed by atoms with Crippen LogP contribution in [0.15, 0.2) is 17.0 Å². The number of methoxy groups -OCH3 is 1. The highest BCUT2D eigenvalue weighted by Gasteiger charge is 2.24. The lowest BCUT2D eigenvalue weighted by Crippen LogP contribution is -2.15. The lowest BCUT2D eigenvalue weighted by Gasteiger charge is -2.07. The summed E-state index contributed by atoms with van der Waals surface area (Å²) < 4.78 is 54.4. The van der Waals surface area contributed by atoms with Crippen LogP contribution in [-0.4, -0.2) is 39.0 Å². The van der Waals surface area contributed by atoms with E-state index in [0.29, 0.717) is 12.1 Å². The Morgan fingerprint density at radius 3 is 2.50 bits per heavy atom. The number of sulfone groups is 1. The van der Waals surface area contributed by atoms with Crippen molar-refractivity contribution in [3.63, 3.8) is 0 Å². The van der Waals surface area contributed by atoms with Gasteiger partial charge in [0.15, 0.2) is 21.5 Å². The third kappa shape index (κ3) is 3.02. The monoisotopic (exact) mass is 280 g/mol. The number of rotatable bonds is 5. The molecular weight excluding hydrogens is 270 g/mol. The maximum Gasteiger partial charge on any atom is 0.335 e. The van der Waals surface area contributed by atoms with E-state index in [1.807, 2.05) is 0 Å². The van der Waals surface area contributed by atoms with Gasteiger partial charge in [0.05, 0.1) is 17.9 Å². The van der Waals surface area contributed by atoms with Crippen LogP contribution in [0.2, 0.25) is 0 Å². The first kappa shape index (κ1) is 14.5. The van der Waals surface area contributed by atoms with Crippen molar-refractivity contribution in [2.24, 2.45) is 0 Å². The normalized spacial score (nSPS) is 11.5. The molecule has 0 heterocycles. The summed E-state index contributed by atoms with van der Waals surface area (Å²) in [4.78, 5) is 9.67. The number of hydrogen-bond donors (Lipinski definition) is 1. The fourth-order valence-corrected chi connectivity index (χ4v) is 2.50. The van der Waals surface area contributed by atoms with Crippen LogP contribution in [0.25, 0.3) is 0 Å². The highest BCUT2D eigenvalue weighted by atomic mass is 32.2. The SMILES string of the molecule is COCCS(=O)(=O)c1cc(C(=O)O)cc(F)c1F. The number of benzene rings is 1. The average Bonchev–Trinajstić information content (AvgIpc) is 2.29. The molecule has 0 bridgehead atoms. The highest BCUT2D eigenvalue weighted by Crippen LogP contribution is 2.21. The Kier molecular flexibility index (Phi) is 4.36. The van der Waals surface area contributed by atoms with Gasteiger partial charge in [-0.3, -0.25) is 0 Å². The molecule has 0 radical (unpaired) electrons. The number of carbonyl (C=O) groups is 1. The second-order valence-corrected chi connectivity index (χ2v) is 5.46. The molecule has 0 saturated heterocycles. The smallest absolute Gasteiger partial charge is 0.335 e. The Morgan fingerprint density at radius 1 is 1.39 bits per heavy atom. The minimum atomic E-state index is -4.13. The van der Waals surface area contributed by atoms with Gasteiger partial charge in [-0.2, -0.15) is 0 Å². The molecule has 100 valence electrons. The van der Waals surface area contributed by atoms with E-state index < -0.39 is 43.7 Å². The fraction of sp³-hybridized carbons (Fsp3) is 0.300. The maximum atomic E-state index is 13.4. The van der Waals surface area contributed by atoms with Gasteiger partial charge in [-0.05, 0) is 12.1 Å². The summed E-state index contributed by atoms with van der Waals surface area (Å²) in [5, 5.41) is 8.66. The van der Waals surface area contributed by atoms with E-state index in [4.69, 9.17) is 5.11 Å². The van der Waals surface area contributed by atoms with Gasteiger partial charge in [-0.15, -0.1) is 0 Å².